The third kappa shape index (κ3) is 3.68. The van der Waals surface area contributed by atoms with E-state index in [0.717, 1.165) is 30.3 Å². The smallest absolute Gasteiger partial charge is 0.303 e. The van der Waals surface area contributed by atoms with Gasteiger partial charge in [-0.3, -0.25) is 14.5 Å². The second-order valence-electron chi connectivity index (χ2n) is 7.92. The summed E-state index contributed by atoms with van der Waals surface area (Å²) in [4.78, 5) is 41.9. The Kier molecular flexibility index (Phi) is 5.76. The van der Waals surface area contributed by atoms with Gasteiger partial charge < -0.3 is 4.90 Å². The predicted octanol–water partition coefficient (Wildman–Crippen LogP) is 3.93. The second-order valence-corrected chi connectivity index (χ2v) is 8.28. The Morgan fingerprint density at radius 1 is 1.29 bits per heavy atom. The summed E-state index contributed by atoms with van der Waals surface area (Å²) in [6.45, 7) is 0. The van der Waals surface area contributed by atoms with E-state index in [-0.39, 0.29) is 16.5 Å². The monoisotopic (exact) mass is 506 g/mol. The molecule has 0 N–H and O–H groups in total. The van der Waals surface area contributed by atoms with E-state index in [1.165, 1.54) is 17.0 Å². The highest BCUT2D eigenvalue weighted by atomic mass is 32.1. The lowest BCUT2D eigenvalue weighted by Crippen LogP contribution is -2.55. The number of aromatic nitrogens is 1. The molecule has 14 heteroatoms. The van der Waals surface area contributed by atoms with Crippen molar-refractivity contribution in [2.75, 3.05) is 16.8 Å². The van der Waals surface area contributed by atoms with Crippen LogP contribution in [-0.2, 0) is 11.0 Å². The van der Waals surface area contributed by atoms with E-state index in [1.807, 2.05) is 0 Å². The first-order valence-corrected chi connectivity index (χ1v) is 10.4. The van der Waals surface area contributed by atoms with Gasteiger partial charge >= 0.3 is 6.18 Å². The molecule has 1 spiro atoms. The van der Waals surface area contributed by atoms with Crippen LogP contribution in [0.4, 0.5) is 28.9 Å². The maximum Gasteiger partial charge on any atom is 0.419 e. The minimum atomic E-state index is -4.90. The van der Waals surface area contributed by atoms with Crippen LogP contribution in [0.5, 0.6) is 0 Å². The zero-order valence-electron chi connectivity index (χ0n) is 17.8. The highest BCUT2D eigenvalue weighted by molar-refractivity contribution is 7.81. The number of nitroso groups, excluding NO2 is 1. The third-order valence-electron chi connectivity index (χ3n) is 5.99. The van der Waals surface area contributed by atoms with Crippen molar-refractivity contribution in [1.29, 1.82) is 5.26 Å². The normalized spacial score (nSPS) is 16.8. The van der Waals surface area contributed by atoms with Gasteiger partial charge in [-0.2, -0.15) is 23.4 Å². The zero-order chi connectivity index (χ0) is 25.7. The molecule has 2 aromatic rings. The molecule has 9 nitrogen and oxygen atoms in total. The number of nitriles is 1. The summed E-state index contributed by atoms with van der Waals surface area (Å²) in [5.41, 5.74) is -4.06. The SMILES string of the molecule is CN(N=O)C(=O)c1ccc(N2C(=S)N(c3cnc(C#N)c(C(F)(F)F)c3)C(=O)C23CCC3)cc1F. The minimum Gasteiger partial charge on any atom is -0.303 e. The first-order chi connectivity index (χ1) is 16.5. The average Bonchev–Trinajstić information content (AvgIpc) is 3.03. The van der Waals surface area contributed by atoms with E-state index < -0.39 is 46.2 Å². The van der Waals surface area contributed by atoms with Crippen molar-refractivity contribution >= 4 is 40.5 Å². The van der Waals surface area contributed by atoms with Crippen LogP contribution in [0.15, 0.2) is 35.7 Å². The van der Waals surface area contributed by atoms with Gasteiger partial charge in [0.2, 0.25) is 0 Å². The highest BCUT2D eigenvalue weighted by Gasteiger charge is 2.60. The molecule has 2 amide bonds. The van der Waals surface area contributed by atoms with Crippen LogP contribution in [-0.4, -0.2) is 39.5 Å². The molecule has 1 aromatic heterocycles. The van der Waals surface area contributed by atoms with Crippen LogP contribution in [0.2, 0.25) is 0 Å². The number of halogens is 4. The van der Waals surface area contributed by atoms with Crippen molar-refractivity contribution in [3.8, 4) is 6.07 Å². The van der Waals surface area contributed by atoms with Gasteiger partial charge in [-0.05, 0) is 55.7 Å². The lowest BCUT2D eigenvalue weighted by Gasteiger charge is -2.43. The summed E-state index contributed by atoms with van der Waals surface area (Å²) in [7, 11) is 1.05. The number of anilines is 2. The quantitative estimate of drug-likeness (QED) is 0.268. The predicted molar refractivity (Wildman–Crippen MR) is 117 cm³/mol. The molecule has 1 aromatic carbocycles. The molecule has 0 unspecified atom stereocenters. The van der Waals surface area contributed by atoms with Crippen LogP contribution < -0.4 is 9.80 Å². The Bertz CT molecular complexity index is 1320. The van der Waals surface area contributed by atoms with E-state index in [4.69, 9.17) is 17.5 Å². The largest absolute Gasteiger partial charge is 0.419 e. The maximum absolute atomic E-state index is 14.8. The fourth-order valence-electron chi connectivity index (χ4n) is 4.12. The molecule has 1 saturated heterocycles. The van der Waals surface area contributed by atoms with Crippen LogP contribution in [0, 0.1) is 22.1 Å². The summed E-state index contributed by atoms with van der Waals surface area (Å²) >= 11 is 5.44. The summed E-state index contributed by atoms with van der Waals surface area (Å²) in [6.07, 6.45) is -2.73. The van der Waals surface area contributed by atoms with Crippen molar-refractivity contribution < 1.29 is 27.2 Å². The molecule has 35 heavy (non-hydrogen) atoms. The first-order valence-electron chi connectivity index (χ1n) is 10.0. The number of benzene rings is 1. The molecule has 2 fully saturated rings. The van der Waals surface area contributed by atoms with Crippen molar-refractivity contribution in [3.05, 3.63) is 58.0 Å². The molecule has 0 radical (unpaired) electrons. The van der Waals surface area contributed by atoms with E-state index >= 15 is 0 Å². The van der Waals surface area contributed by atoms with Crippen molar-refractivity contribution in [2.24, 2.45) is 5.29 Å². The number of hydrogen-bond donors (Lipinski definition) is 0. The van der Waals surface area contributed by atoms with Crippen LogP contribution in [0.1, 0.15) is 40.9 Å². The van der Waals surface area contributed by atoms with Crippen LogP contribution in [0.25, 0.3) is 0 Å². The lowest BCUT2D eigenvalue weighted by molar-refractivity contribution is -0.138. The molecular formula is C21H14F4N6O3S. The number of carbonyl (C=O) groups is 2. The maximum atomic E-state index is 14.8. The molecule has 2 aliphatic rings. The number of amides is 2. The topological polar surface area (TPSA) is 110 Å². The van der Waals surface area contributed by atoms with Crippen LogP contribution >= 0.6 is 12.2 Å². The molecule has 0 bridgehead atoms. The Balaban J connectivity index is 1.78. The number of pyridine rings is 1. The number of alkyl halides is 3. The molecule has 0 atom stereocenters. The lowest BCUT2D eigenvalue weighted by atomic mass is 9.75. The second kappa shape index (κ2) is 8.35. The fourth-order valence-corrected chi connectivity index (χ4v) is 4.59. The van der Waals surface area contributed by atoms with Crippen molar-refractivity contribution in [3.63, 3.8) is 0 Å². The highest BCUT2D eigenvalue weighted by Crippen LogP contribution is 2.48. The standard InChI is InChI=1S/C21H14F4N6O3S/c1-29(28-34)17(32)13-4-3-11(8-15(13)22)31-19(35)30(18(33)20(31)5-2-6-20)12-7-14(21(23,24)25)16(9-26)27-10-12/h3-4,7-8,10H,2,5-6H2,1H3. The number of carbonyl (C=O) groups excluding carboxylic acids is 2. The molecule has 1 aliphatic carbocycles. The first kappa shape index (κ1) is 24.1. The van der Waals surface area contributed by atoms with Gasteiger partial charge in [-0.1, -0.05) is 0 Å². The van der Waals surface area contributed by atoms with Gasteiger partial charge in [0, 0.05) is 12.7 Å². The number of nitrogens with zero attached hydrogens (tertiary/aromatic N) is 6. The molecular weight excluding hydrogens is 492 g/mol. The molecule has 1 saturated carbocycles. The van der Waals surface area contributed by atoms with E-state index in [0.29, 0.717) is 30.3 Å². The third-order valence-corrected chi connectivity index (χ3v) is 6.36. The summed E-state index contributed by atoms with van der Waals surface area (Å²) in [5, 5.41) is 11.6. The Morgan fingerprint density at radius 3 is 2.49 bits per heavy atom. The number of hydrogen-bond acceptors (Lipinski definition) is 7. The van der Waals surface area contributed by atoms with Gasteiger partial charge in [-0.25, -0.2) is 9.37 Å². The average molecular weight is 506 g/mol. The molecule has 2 heterocycles. The van der Waals surface area contributed by atoms with Gasteiger partial charge in [0.15, 0.2) is 10.8 Å². The van der Waals surface area contributed by atoms with E-state index in [2.05, 4.69) is 10.3 Å². The molecule has 180 valence electrons. The fraction of sp³-hybridized carbons (Fsp3) is 0.286. The summed E-state index contributed by atoms with van der Waals surface area (Å²) < 4.78 is 55.2. The van der Waals surface area contributed by atoms with Gasteiger partial charge in [-0.15, -0.1) is 4.91 Å². The summed E-state index contributed by atoms with van der Waals surface area (Å²) in [6, 6.07) is 5.36. The number of rotatable bonds is 4. The number of thiocarbonyl (C=S) groups is 1. The van der Waals surface area contributed by atoms with Gasteiger partial charge in [0.1, 0.15) is 17.4 Å². The zero-order valence-corrected chi connectivity index (χ0v) is 18.7. The Morgan fingerprint density at radius 2 is 1.97 bits per heavy atom. The van der Waals surface area contributed by atoms with Crippen molar-refractivity contribution in [2.45, 2.75) is 31.0 Å². The molecule has 4 rings (SSSR count). The van der Waals surface area contributed by atoms with Gasteiger partial charge in [0.25, 0.3) is 11.8 Å². The minimum absolute atomic E-state index is 0.0963. The van der Waals surface area contributed by atoms with E-state index in [1.54, 1.807) is 0 Å². The van der Waals surface area contributed by atoms with Crippen molar-refractivity contribution in [1.82, 2.24) is 9.99 Å². The van der Waals surface area contributed by atoms with Crippen LogP contribution in [0.3, 0.4) is 0 Å². The van der Waals surface area contributed by atoms with E-state index in [9.17, 15) is 32.1 Å². The molecule has 1 aliphatic heterocycles. The summed E-state index contributed by atoms with van der Waals surface area (Å²) in [5.74, 6) is -2.61. The van der Waals surface area contributed by atoms with Gasteiger partial charge in [0.05, 0.1) is 28.3 Å². The Labute approximate surface area is 200 Å². The Hall–Kier alpha value is -3.99.